The number of hydrogen-bond acceptors (Lipinski definition) is 8. The molecule has 196 valence electrons. The molecular formula is C26H40O8Si. The summed E-state index contributed by atoms with van der Waals surface area (Å²) in [6.45, 7) is 14.4. The van der Waals surface area contributed by atoms with Gasteiger partial charge >= 0.3 is 18.1 Å². The van der Waals surface area contributed by atoms with E-state index in [1.807, 2.05) is 24.3 Å². The lowest BCUT2D eigenvalue weighted by Crippen LogP contribution is -2.44. The van der Waals surface area contributed by atoms with Crippen molar-refractivity contribution in [2.24, 2.45) is 5.41 Å². The largest absolute Gasteiger partial charge is 0.544 e. The first-order chi connectivity index (χ1) is 16.3. The molecule has 9 heteroatoms. The topological polar surface area (TPSA) is 97.4 Å². The number of carbonyl (C=O) groups is 3. The molecule has 0 fully saturated rings. The van der Waals surface area contributed by atoms with Crippen LogP contribution in [0.15, 0.2) is 36.4 Å². The van der Waals surface area contributed by atoms with Gasteiger partial charge in [-0.05, 0) is 62.5 Å². The Kier molecular flexibility index (Phi) is 11.5. The van der Waals surface area contributed by atoms with Crippen LogP contribution in [0.2, 0.25) is 18.1 Å². The van der Waals surface area contributed by atoms with Crippen LogP contribution >= 0.6 is 0 Å². The van der Waals surface area contributed by atoms with Crippen LogP contribution < -0.4 is 4.43 Å². The van der Waals surface area contributed by atoms with Crippen LogP contribution in [0.25, 0.3) is 0 Å². The van der Waals surface area contributed by atoms with Gasteiger partial charge in [-0.15, -0.1) is 0 Å². The fraction of sp³-hybridized carbons (Fsp3) is 0.577. The van der Waals surface area contributed by atoms with Crippen LogP contribution in [0.1, 0.15) is 46.6 Å². The Balaban J connectivity index is 3.22. The number of allylic oxidation sites excluding steroid dienone is 1. The van der Waals surface area contributed by atoms with Crippen LogP contribution in [-0.4, -0.2) is 53.3 Å². The van der Waals surface area contributed by atoms with Crippen molar-refractivity contribution >= 4 is 26.4 Å². The van der Waals surface area contributed by atoms with Crippen molar-refractivity contribution in [3.8, 4) is 5.75 Å². The molecule has 0 N–H and O–H groups in total. The first kappa shape index (κ1) is 30.2. The molecule has 0 aliphatic carbocycles. The van der Waals surface area contributed by atoms with Gasteiger partial charge in [0, 0.05) is 0 Å². The van der Waals surface area contributed by atoms with Crippen molar-refractivity contribution in [3.05, 3.63) is 42.0 Å². The number of methoxy groups -OCH3 is 1. The third kappa shape index (κ3) is 8.72. The summed E-state index contributed by atoms with van der Waals surface area (Å²) in [7, 11) is -0.796. The highest BCUT2D eigenvalue weighted by atomic mass is 28.4. The van der Waals surface area contributed by atoms with Gasteiger partial charge in [-0.3, -0.25) is 9.59 Å². The molecule has 0 saturated carbocycles. The quantitative estimate of drug-likeness (QED) is 0.121. The molecule has 0 saturated heterocycles. The smallest absolute Gasteiger partial charge is 0.508 e. The van der Waals surface area contributed by atoms with Gasteiger partial charge in [-0.1, -0.05) is 45.1 Å². The molecule has 0 amide bonds. The van der Waals surface area contributed by atoms with Gasteiger partial charge in [0.2, 0.25) is 8.32 Å². The SMILES string of the molecule is CCOC(=O)C(C/C=C\COC(=O)OC)(Cc1ccc(O[Si](C)(C)C(C)(C)C)cc1)C(=O)OCC. The number of benzene rings is 1. The summed E-state index contributed by atoms with van der Waals surface area (Å²) in [4.78, 5) is 37.3. The van der Waals surface area contributed by atoms with E-state index in [-0.39, 0.29) is 37.7 Å². The number of ether oxygens (including phenoxy) is 4. The zero-order chi connectivity index (χ0) is 26.7. The van der Waals surface area contributed by atoms with Crippen LogP contribution in [-0.2, 0) is 35.0 Å². The minimum Gasteiger partial charge on any atom is -0.544 e. The second-order valence-electron chi connectivity index (χ2n) is 9.65. The highest BCUT2D eigenvalue weighted by molar-refractivity contribution is 6.74. The van der Waals surface area contributed by atoms with Crippen LogP contribution in [0.4, 0.5) is 4.79 Å². The van der Waals surface area contributed by atoms with Crippen LogP contribution in [0.5, 0.6) is 5.75 Å². The molecule has 0 aliphatic rings. The lowest BCUT2D eigenvalue weighted by molar-refractivity contribution is -0.171. The van der Waals surface area contributed by atoms with Gasteiger partial charge in [0.15, 0.2) is 5.41 Å². The maximum Gasteiger partial charge on any atom is 0.508 e. The third-order valence-corrected chi connectivity index (χ3v) is 10.4. The molecule has 0 aromatic heterocycles. The molecule has 1 aromatic rings. The molecule has 0 radical (unpaired) electrons. The van der Waals surface area contributed by atoms with E-state index in [4.69, 9.17) is 18.6 Å². The van der Waals surface area contributed by atoms with Crippen molar-refractivity contribution in [3.63, 3.8) is 0 Å². The molecule has 1 aromatic carbocycles. The number of carbonyl (C=O) groups excluding carboxylic acids is 3. The van der Waals surface area contributed by atoms with Crippen LogP contribution in [0, 0.1) is 5.41 Å². The Bertz CT molecular complexity index is 850. The number of hydrogen-bond donors (Lipinski definition) is 0. The summed E-state index contributed by atoms with van der Waals surface area (Å²) in [6.07, 6.45) is 2.41. The second-order valence-corrected chi connectivity index (χ2v) is 14.4. The van der Waals surface area contributed by atoms with Gasteiger partial charge in [0.1, 0.15) is 12.4 Å². The Morgan fingerprint density at radius 2 is 1.43 bits per heavy atom. The lowest BCUT2D eigenvalue weighted by Gasteiger charge is -2.36. The Morgan fingerprint density at radius 1 is 0.886 bits per heavy atom. The van der Waals surface area contributed by atoms with Crippen molar-refractivity contribution in [2.75, 3.05) is 26.9 Å². The maximum atomic E-state index is 13.1. The van der Waals surface area contributed by atoms with E-state index in [1.165, 1.54) is 7.11 Å². The number of rotatable bonds is 12. The molecule has 8 nitrogen and oxygen atoms in total. The minimum absolute atomic E-state index is 0.0113. The van der Waals surface area contributed by atoms with Gasteiger partial charge < -0.3 is 23.4 Å². The molecule has 0 heterocycles. The second kappa shape index (κ2) is 13.3. The van der Waals surface area contributed by atoms with Crippen molar-refractivity contribution in [1.29, 1.82) is 0 Å². The minimum atomic E-state index is -2.01. The van der Waals surface area contributed by atoms with Gasteiger partial charge in [-0.2, -0.15) is 0 Å². The average molecular weight is 509 g/mol. The normalized spacial score (nSPS) is 12.2. The zero-order valence-corrected chi connectivity index (χ0v) is 23.3. The van der Waals surface area contributed by atoms with E-state index in [9.17, 15) is 14.4 Å². The van der Waals surface area contributed by atoms with Crippen molar-refractivity contribution in [1.82, 2.24) is 0 Å². The average Bonchev–Trinajstić information content (AvgIpc) is 2.78. The molecular weight excluding hydrogens is 468 g/mol. The number of esters is 2. The zero-order valence-electron chi connectivity index (χ0n) is 22.3. The first-order valence-electron chi connectivity index (χ1n) is 11.8. The molecule has 0 atom stereocenters. The molecule has 0 spiro atoms. The predicted octanol–water partition coefficient (Wildman–Crippen LogP) is 5.46. The molecule has 0 bridgehead atoms. The standard InChI is InChI=1S/C26H40O8Si/c1-9-31-22(27)26(23(28)32-10-2,17-11-12-18-33-24(29)30-6)19-20-13-15-21(16-14-20)34-35(7,8)25(3,4)5/h11-16H,9-10,17-19H2,1-8H3/b12-11-. The molecule has 0 aliphatic heterocycles. The molecule has 35 heavy (non-hydrogen) atoms. The summed E-state index contributed by atoms with van der Waals surface area (Å²) in [5.74, 6) is -0.588. The molecule has 1 rings (SSSR count). The fourth-order valence-electron chi connectivity index (χ4n) is 3.00. The first-order valence-corrected chi connectivity index (χ1v) is 14.7. The maximum absolute atomic E-state index is 13.1. The molecule has 0 unspecified atom stereocenters. The van der Waals surface area contributed by atoms with E-state index in [0.29, 0.717) is 0 Å². The Labute approximate surface area is 210 Å². The summed E-state index contributed by atoms with van der Waals surface area (Å²) >= 11 is 0. The lowest BCUT2D eigenvalue weighted by atomic mass is 9.78. The fourth-order valence-corrected chi connectivity index (χ4v) is 4.04. The van der Waals surface area contributed by atoms with Gasteiger partial charge in [-0.25, -0.2) is 4.79 Å². The van der Waals surface area contributed by atoms with E-state index in [0.717, 1.165) is 11.3 Å². The van der Waals surface area contributed by atoms with Gasteiger partial charge in [0.25, 0.3) is 0 Å². The van der Waals surface area contributed by atoms with E-state index in [1.54, 1.807) is 26.0 Å². The highest BCUT2D eigenvalue weighted by Gasteiger charge is 2.48. The van der Waals surface area contributed by atoms with Crippen LogP contribution in [0.3, 0.4) is 0 Å². The summed E-state index contributed by atoms with van der Waals surface area (Å²) in [5.41, 5.74) is -0.830. The van der Waals surface area contributed by atoms with Crippen molar-refractivity contribution < 1.29 is 37.8 Å². The van der Waals surface area contributed by atoms with E-state index in [2.05, 4.69) is 38.6 Å². The van der Waals surface area contributed by atoms with Crippen molar-refractivity contribution in [2.45, 2.75) is 65.6 Å². The Hall–Kier alpha value is -2.81. The van der Waals surface area contributed by atoms with E-state index < -0.39 is 31.8 Å². The Morgan fingerprint density at radius 3 is 1.89 bits per heavy atom. The van der Waals surface area contributed by atoms with Gasteiger partial charge in [0.05, 0.1) is 20.3 Å². The highest BCUT2D eigenvalue weighted by Crippen LogP contribution is 2.38. The monoisotopic (exact) mass is 508 g/mol. The summed E-state index contributed by atoms with van der Waals surface area (Å²) < 4.78 is 26.2. The van der Waals surface area contributed by atoms with E-state index >= 15 is 0 Å². The summed E-state index contributed by atoms with van der Waals surface area (Å²) in [5, 5.41) is 0.0541. The third-order valence-electron chi connectivity index (χ3n) is 6.04. The summed E-state index contributed by atoms with van der Waals surface area (Å²) in [6, 6.07) is 7.41. The predicted molar refractivity (Wildman–Crippen MR) is 136 cm³/mol.